The van der Waals surface area contributed by atoms with Crippen molar-refractivity contribution in [2.24, 2.45) is 0 Å². The van der Waals surface area contributed by atoms with Crippen LogP contribution < -0.4 is 4.74 Å². The number of aryl methyl sites for hydroxylation is 1. The van der Waals surface area contributed by atoms with E-state index in [1.165, 1.54) is 6.33 Å². The number of ether oxygens (including phenoxy) is 1. The van der Waals surface area contributed by atoms with Crippen LogP contribution in [0.4, 0.5) is 0 Å². The van der Waals surface area contributed by atoms with Crippen LogP contribution in [0.25, 0.3) is 11.0 Å². The van der Waals surface area contributed by atoms with Crippen LogP contribution in [0.15, 0.2) is 36.9 Å². The second-order valence-electron chi connectivity index (χ2n) is 7.70. The molecule has 2 fully saturated rings. The maximum absolute atomic E-state index is 12.5. The van der Waals surface area contributed by atoms with E-state index < -0.39 is 10.0 Å². The first-order valence-electron chi connectivity index (χ1n) is 9.94. The molecule has 0 atom stereocenters. The molecule has 29 heavy (non-hydrogen) atoms. The van der Waals surface area contributed by atoms with Gasteiger partial charge in [0.05, 0.1) is 16.3 Å². The van der Waals surface area contributed by atoms with Crippen LogP contribution in [0.5, 0.6) is 11.6 Å². The Hall–Kier alpha value is -2.52. The lowest BCUT2D eigenvalue weighted by molar-refractivity contribution is 0.277. The molecule has 9 heteroatoms. The van der Waals surface area contributed by atoms with E-state index >= 15 is 0 Å². The fraction of sp³-hybridized carbons (Fsp3) is 0.450. The standard InChI is InChI=1S/C20H23N5O3S/c1-14-18(3-2-9-21-14)28-20-17-8-12-25(19(17)22-13-23-20)15-6-10-24(11-7-15)29(26,27)16-4-5-16/h2-3,8-9,12-13,15-16H,4-7,10-11H2,1H3. The van der Waals surface area contributed by atoms with Gasteiger partial charge in [-0.25, -0.2) is 22.7 Å². The number of sulfonamides is 1. The highest BCUT2D eigenvalue weighted by Crippen LogP contribution is 2.36. The van der Waals surface area contributed by atoms with Crippen molar-refractivity contribution in [3.63, 3.8) is 0 Å². The molecule has 0 aromatic carbocycles. The third-order valence-electron chi connectivity index (χ3n) is 5.76. The fourth-order valence-corrected chi connectivity index (χ4v) is 5.83. The van der Waals surface area contributed by atoms with E-state index in [4.69, 9.17) is 4.74 Å². The Kier molecular flexibility index (Phi) is 4.51. The van der Waals surface area contributed by atoms with E-state index in [0.29, 0.717) is 24.7 Å². The Morgan fingerprint density at radius 3 is 2.59 bits per heavy atom. The van der Waals surface area contributed by atoms with E-state index in [-0.39, 0.29) is 11.3 Å². The lowest BCUT2D eigenvalue weighted by atomic mass is 10.1. The molecule has 0 unspecified atom stereocenters. The molecule has 0 radical (unpaired) electrons. The molecule has 0 bridgehead atoms. The SMILES string of the molecule is Cc1ncccc1Oc1ncnc2c1ccn2C1CCN(S(=O)(=O)C2CC2)CC1. The Morgan fingerprint density at radius 2 is 1.86 bits per heavy atom. The maximum atomic E-state index is 12.5. The van der Waals surface area contributed by atoms with Crippen LogP contribution >= 0.6 is 0 Å². The van der Waals surface area contributed by atoms with Gasteiger partial charge >= 0.3 is 0 Å². The number of nitrogens with zero attached hydrogens (tertiary/aromatic N) is 5. The highest BCUT2D eigenvalue weighted by atomic mass is 32.2. The molecule has 1 aliphatic carbocycles. The molecule has 1 saturated heterocycles. The average Bonchev–Trinajstić information content (AvgIpc) is 3.50. The van der Waals surface area contributed by atoms with Crippen LogP contribution in [0.2, 0.25) is 0 Å². The van der Waals surface area contributed by atoms with Gasteiger partial charge < -0.3 is 9.30 Å². The molecule has 3 aromatic rings. The van der Waals surface area contributed by atoms with Crippen LogP contribution in [-0.4, -0.2) is 50.6 Å². The van der Waals surface area contributed by atoms with Crippen molar-refractivity contribution in [2.75, 3.05) is 13.1 Å². The zero-order valence-electron chi connectivity index (χ0n) is 16.2. The van der Waals surface area contributed by atoms with Crippen molar-refractivity contribution in [2.45, 2.75) is 43.9 Å². The average molecular weight is 414 g/mol. The van der Waals surface area contributed by atoms with Crippen molar-refractivity contribution in [1.82, 2.24) is 23.8 Å². The molecule has 0 spiro atoms. The van der Waals surface area contributed by atoms with Gasteiger partial charge in [-0.2, -0.15) is 0 Å². The van der Waals surface area contributed by atoms with Crippen molar-refractivity contribution >= 4 is 21.1 Å². The van der Waals surface area contributed by atoms with Gasteiger partial charge in [0.1, 0.15) is 12.0 Å². The summed E-state index contributed by atoms with van der Waals surface area (Å²) in [5.41, 5.74) is 1.60. The molecular weight excluding hydrogens is 390 g/mol. The van der Waals surface area contributed by atoms with E-state index in [0.717, 1.165) is 42.4 Å². The number of rotatable bonds is 5. The summed E-state index contributed by atoms with van der Waals surface area (Å²) in [6.45, 7) is 3.02. The second-order valence-corrected chi connectivity index (χ2v) is 9.92. The lowest BCUT2D eigenvalue weighted by Crippen LogP contribution is -2.40. The third kappa shape index (κ3) is 3.38. The molecule has 0 N–H and O–H groups in total. The Balaban J connectivity index is 1.38. The molecule has 152 valence electrons. The van der Waals surface area contributed by atoms with E-state index in [1.807, 2.05) is 31.3 Å². The summed E-state index contributed by atoms with van der Waals surface area (Å²) < 4.78 is 34.7. The summed E-state index contributed by atoms with van der Waals surface area (Å²) in [4.78, 5) is 13.0. The predicted molar refractivity (Wildman–Crippen MR) is 108 cm³/mol. The van der Waals surface area contributed by atoms with Gasteiger partial charge in [-0.3, -0.25) is 4.98 Å². The number of pyridine rings is 1. The summed E-state index contributed by atoms with van der Waals surface area (Å²) in [6, 6.07) is 5.86. The van der Waals surface area contributed by atoms with E-state index in [9.17, 15) is 8.42 Å². The first-order chi connectivity index (χ1) is 14.0. The van der Waals surface area contributed by atoms with Gasteiger partial charge in [-0.15, -0.1) is 0 Å². The largest absolute Gasteiger partial charge is 0.436 e. The molecule has 2 aliphatic rings. The molecular formula is C20H23N5O3S. The second kappa shape index (κ2) is 7.07. The van der Waals surface area contributed by atoms with Crippen LogP contribution in [0.1, 0.15) is 37.4 Å². The normalized spacial score (nSPS) is 18.9. The van der Waals surface area contributed by atoms with E-state index in [1.54, 1.807) is 10.5 Å². The fourth-order valence-electron chi connectivity index (χ4n) is 3.96. The summed E-state index contributed by atoms with van der Waals surface area (Å²) in [5.74, 6) is 1.16. The summed E-state index contributed by atoms with van der Waals surface area (Å²) in [6.07, 6.45) is 8.39. The zero-order chi connectivity index (χ0) is 20.0. The number of aromatic nitrogens is 4. The Morgan fingerprint density at radius 1 is 1.07 bits per heavy atom. The minimum absolute atomic E-state index is 0.144. The Labute approximate surface area is 169 Å². The first kappa shape index (κ1) is 18.5. The van der Waals surface area contributed by atoms with E-state index in [2.05, 4.69) is 19.5 Å². The van der Waals surface area contributed by atoms with Crippen molar-refractivity contribution in [3.05, 3.63) is 42.6 Å². The summed E-state index contributed by atoms with van der Waals surface area (Å²) in [7, 11) is -3.10. The summed E-state index contributed by atoms with van der Waals surface area (Å²) in [5, 5.41) is 0.693. The quantitative estimate of drug-likeness (QED) is 0.639. The predicted octanol–water partition coefficient (Wildman–Crippen LogP) is 3.06. The first-order valence-corrected chi connectivity index (χ1v) is 11.4. The topological polar surface area (TPSA) is 90.2 Å². The smallest absolute Gasteiger partial charge is 0.231 e. The highest BCUT2D eigenvalue weighted by Gasteiger charge is 2.41. The van der Waals surface area contributed by atoms with Gasteiger partial charge in [0.25, 0.3) is 0 Å². The molecule has 5 rings (SSSR count). The molecule has 4 heterocycles. The lowest BCUT2D eigenvalue weighted by Gasteiger charge is -2.32. The van der Waals surface area contributed by atoms with Crippen molar-refractivity contribution in [1.29, 1.82) is 0 Å². The van der Waals surface area contributed by atoms with Crippen LogP contribution in [0, 0.1) is 6.92 Å². The minimum atomic E-state index is -3.10. The molecule has 0 amide bonds. The van der Waals surface area contributed by atoms with Gasteiger partial charge in [0.2, 0.25) is 15.9 Å². The minimum Gasteiger partial charge on any atom is -0.436 e. The highest BCUT2D eigenvalue weighted by molar-refractivity contribution is 7.90. The number of hydrogen-bond acceptors (Lipinski definition) is 6. The van der Waals surface area contributed by atoms with Gasteiger partial charge in [-0.1, -0.05) is 0 Å². The number of hydrogen-bond donors (Lipinski definition) is 0. The molecule has 8 nitrogen and oxygen atoms in total. The van der Waals surface area contributed by atoms with Crippen molar-refractivity contribution < 1.29 is 13.2 Å². The molecule has 1 aliphatic heterocycles. The van der Waals surface area contributed by atoms with Gasteiger partial charge in [0.15, 0.2) is 5.75 Å². The number of piperidine rings is 1. The maximum Gasteiger partial charge on any atom is 0.231 e. The Bertz CT molecular complexity index is 1150. The monoisotopic (exact) mass is 413 g/mol. The van der Waals surface area contributed by atoms with Crippen LogP contribution in [0.3, 0.4) is 0 Å². The molecule has 3 aromatic heterocycles. The van der Waals surface area contributed by atoms with Gasteiger partial charge in [0, 0.05) is 31.5 Å². The molecule has 1 saturated carbocycles. The van der Waals surface area contributed by atoms with Gasteiger partial charge in [-0.05, 0) is 50.8 Å². The van der Waals surface area contributed by atoms with Crippen LogP contribution in [-0.2, 0) is 10.0 Å². The number of fused-ring (bicyclic) bond motifs is 1. The van der Waals surface area contributed by atoms with Crippen molar-refractivity contribution in [3.8, 4) is 11.6 Å². The third-order valence-corrected chi connectivity index (χ3v) is 8.16. The summed E-state index contributed by atoms with van der Waals surface area (Å²) >= 11 is 0. The zero-order valence-corrected chi connectivity index (χ0v) is 17.0.